The summed E-state index contributed by atoms with van der Waals surface area (Å²) in [6.07, 6.45) is -3.97. The minimum absolute atomic E-state index is 0.141. The molecule has 0 saturated carbocycles. The van der Waals surface area contributed by atoms with Gasteiger partial charge in [-0.15, -0.1) is 18.2 Å². The van der Waals surface area contributed by atoms with E-state index in [2.05, 4.69) is 4.99 Å². The van der Waals surface area contributed by atoms with Crippen molar-refractivity contribution >= 4 is 52.8 Å². The van der Waals surface area contributed by atoms with Crippen molar-refractivity contribution in [3.8, 4) is 0 Å². The Morgan fingerprint density at radius 2 is 1.71 bits per heavy atom. The van der Waals surface area contributed by atoms with Gasteiger partial charge in [-0.1, -0.05) is 23.2 Å². The van der Waals surface area contributed by atoms with E-state index in [1.807, 2.05) is 0 Å². The second kappa shape index (κ2) is 6.65. The lowest BCUT2D eigenvalue weighted by atomic mass is 10.2. The molecule has 0 aliphatic carbocycles. The first-order chi connectivity index (χ1) is 9.54. The topological polar surface area (TPSA) is 49.7 Å². The second-order valence-electron chi connectivity index (χ2n) is 3.35. The smallest absolute Gasteiger partial charge is 0.266 e. The van der Waals surface area contributed by atoms with E-state index in [9.17, 15) is 27.2 Å². The normalized spacial score (nSPS) is 11.7. The largest absolute Gasteiger partial charge is 0.495 e. The number of isocyanates is 1. The Bertz CT molecular complexity index is 568. The van der Waals surface area contributed by atoms with Crippen molar-refractivity contribution in [2.75, 3.05) is 4.31 Å². The number of halogens is 6. The van der Waals surface area contributed by atoms with E-state index >= 15 is 0 Å². The van der Waals surface area contributed by atoms with E-state index < -0.39 is 38.1 Å². The zero-order valence-electron chi connectivity index (χ0n) is 9.70. The minimum Gasteiger partial charge on any atom is -0.266 e. The Morgan fingerprint density at radius 1 is 1.19 bits per heavy atom. The zero-order valence-corrected chi connectivity index (χ0v) is 12.0. The maximum atomic E-state index is 13.0. The van der Waals surface area contributed by atoms with Crippen LogP contribution in [-0.4, -0.2) is 22.2 Å². The molecule has 0 aliphatic rings. The van der Waals surface area contributed by atoms with Crippen LogP contribution in [0.5, 0.6) is 0 Å². The fourth-order valence-electron chi connectivity index (χ4n) is 1.20. The van der Waals surface area contributed by atoms with Gasteiger partial charge in [0.1, 0.15) is 0 Å². The van der Waals surface area contributed by atoms with Gasteiger partial charge >= 0.3 is 10.2 Å². The molecule has 1 aromatic rings. The van der Waals surface area contributed by atoms with Gasteiger partial charge in [0.05, 0.1) is 5.69 Å². The number of anilines is 1. The molecular weight excluding hydrogens is 359 g/mol. The van der Waals surface area contributed by atoms with Crippen molar-refractivity contribution in [3.05, 3.63) is 29.8 Å². The lowest BCUT2D eigenvalue weighted by Crippen LogP contribution is -2.34. The SMILES string of the molecule is O=C=NC(=O)c1ccc(N(SC(F)(Cl)Cl)C(F)(F)F)cc1. The third-order valence-electron chi connectivity index (χ3n) is 1.92. The average molecular weight is 363 g/mol. The summed E-state index contributed by atoms with van der Waals surface area (Å²) >= 11 is 9.32. The molecule has 114 valence electrons. The molecule has 1 rings (SSSR count). The molecule has 0 aliphatic heterocycles. The quantitative estimate of drug-likeness (QED) is 0.201. The summed E-state index contributed by atoms with van der Waals surface area (Å²) in [7, 11) is 0. The minimum atomic E-state index is -4.97. The Hall–Kier alpha value is -1.28. The molecule has 0 radical (unpaired) electrons. The van der Waals surface area contributed by atoms with Crippen LogP contribution >= 0.6 is 35.1 Å². The number of benzene rings is 1. The van der Waals surface area contributed by atoms with E-state index in [0.717, 1.165) is 30.3 Å². The van der Waals surface area contributed by atoms with Crippen LogP contribution in [0.15, 0.2) is 29.3 Å². The lowest BCUT2D eigenvalue weighted by molar-refractivity contribution is -0.114. The van der Waals surface area contributed by atoms with Gasteiger partial charge in [0.25, 0.3) is 5.91 Å². The van der Waals surface area contributed by atoms with Gasteiger partial charge in [-0.3, -0.25) is 4.79 Å². The molecule has 0 atom stereocenters. The van der Waals surface area contributed by atoms with Crippen molar-refractivity contribution in [1.29, 1.82) is 0 Å². The molecule has 0 unspecified atom stereocenters. The monoisotopic (exact) mass is 362 g/mol. The lowest BCUT2D eigenvalue weighted by Gasteiger charge is -2.27. The van der Waals surface area contributed by atoms with Crippen LogP contribution in [0.4, 0.5) is 23.2 Å². The predicted octanol–water partition coefficient (Wildman–Crippen LogP) is 4.20. The molecule has 0 aromatic heterocycles. The van der Waals surface area contributed by atoms with E-state index in [4.69, 9.17) is 23.2 Å². The number of rotatable bonds is 4. The van der Waals surface area contributed by atoms with Crippen LogP contribution in [-0.2, 0) is 4.79 Å². The fourth-order valence-corrected chi connectivity index (χ4v) is 2.15. The molecule has 0 heterocycles. The summed E-state index contributed by atoms with van der Waals surface area (Å²) in [6.45, 7) is 0. The van der Waals surface area contributed by atoms with E-state index in [1.54, 1.807) is 0 Å². The fraction of sp³-hybridized carbons (Fsp3) is 0.200. The first kappa shape index (κ1) is 17.8. The molecule has 1 amide bonds. The van der Waals surface area contributed by atoms with Gasteiger partial charge in [-0.05, 0) is 24.3 Å². The van der Waals surface area contributed by atoms with Crippen molar-refractivity contribution < 1.29 is 27.2 Å². The van der Waals surface area contributed by atoms with Crippen LogP contribution in [0.1, 0.15) is 10.4 Å². The number of hydrogen-bond donors (Lipinski definition) is 0. The highest BCUT2D eigenvalue weighted by Gasteiger charge is 2.44. The number of nitrogens with zero attached hydrogens (tertiary/aromatic N) is 2. The van der Waals surface area contributed by atoms with Crippen molar-refractivity contribution in [1.82, 2.24) is 0 Å². The molecule has 0 saturated heterocycles. The molecule has 0 N–H and O–H groups in total. The van der Waals surface area contributed by atoms with Crippen LogP contribution < -0.4 is 4.31 Å². The summed E-state index contributed by atoms with van der Waals surface area (Å²) in [5.41, 5.74) is -0.667. The summed E-state index contributed by atoms with van der Waals surface area (Å²) in [4.78, 5) is 23.9. The molecule has 0 bridgehead atoms. The second-order valence-corrected chi connectivity index (χ2v) is 6.15. The van der Waals surface area contributed by atoms with Crippen molar-refractivity contribution in [2.45, 2.75) is 10.2 Å². The highest BCUT2D eigenvalue weighted by atomic mass is 35.5. The number of alkyl halides is 6. The maximum Gasteiger partial charge on any atom is 0.495 e. The van der Waals surface area contributed by atoms with Crippen molar-refractivity contribution in [3.63, 3.8) is 0 Å². The molecule has 11 heteroatoms. The van der Waals surface area contributed by atoms with Gasteiger partial charge < -0.3 is 0 Å². The number of aliphatic imine (C=N–C) groups is 1. The summed E-state index contributed by atoms with van der Waals surface area (Å²) in [5.74, 6) is -0.975. The zero-order chi connectivity index (χ0) is 16.3. The standard InChI is InChI=1S/C10H4Cl2F4N2O2S/c11-9(12,13)21-18(10(14,15)16)7-3-1-6(2-4-7)8(20)17-5-19/h1-4H. The molecule has 21 heavy (non-hydrogen) atoms. The number of carbonyl (C=O) groups is 1. The summed E-state index contributed by atoms with van der Waals surface area (Å²) in [5, 5.41) is 0. The van der Waals surface area contributed by atoms with Crippen LogP contribution in [0.25, 0.3) is 0 Å². The maximum absolute atomic E-state index is 13.0. The Morgan fingerprint density at radius 3 is 2.10 bits per heavy atom. The Balaban J connectivity index is 3.10. The van der Waals surface area contributed by atoms with Gasteiger partial charge in [0.2, 0.25) is 6.08 Å². The van der Waals surface area contributed by atoms with Crippen LogP contribution in [0.2, 0.25) is 0 Å². The number of carbonyl (C=O) groups excluding carboxylic acids is 2. The van der Waals surface area contributed by atoms with E-state index in [0.29, 0.717) is 0 Å². The van der Waals surface area contributed by atoms with Crippen LogP contribution in [0.3, 0.4) is 0 Å². The number of hydrogen-bond acceptors (Lipinski definition) is 4. The molecule has 1 aromatic carbocycles. The summed E-state index contributed by atoms with van der Waals surface area (Å²) in [6, 6.07) is 3.68. The van der Waals surface area contributed by atoms with Gasteiger partial charge in [-0.2, -0.15) is 4.39 Å². The summed E-state index contributed by atoms with van der Waals surface area (Å²) < 4.78 is 47.8. The first-order valence-electron chi connectivity index (χ1n) is 4.89. The van der Waals surface area contributed by atoms with Crippen LogP contribution in [0, 0.1) is 0 Å². The molecule has 0 spiro atoms. The highest BCUT2D eigenvalue weighted by Crippen LogP contribution is 2.45. The van der Waals surface area contributed by atoms with Gasteiger partial charge in [0, 0.05) is 17.5 Å². The Labute approximate surface area is 129 Å². The van der Waals surface area contributed by atoms with E-state index in [1.165, 1.54) is 0 Å². The highest BCUT2D eigenvalue weighted by molar-refractivity contribution is 8.04. The average Bonchev–Trinajstić information content (AvgIpc) is 2.34. The van der Waals surface area contributed by atoms with Gasteiger partial charge in [0.15, 0.2) is 0 Å². The third kappa shape index (κ3) is 5.55. The Kier molecular flexibility index (Phi) is 5.63. The van der Waals surface area contributed by atoms with E-state index in [-0.39, 0.29) is 5.56 Å². The molecule has 0 fully saturated rings. The first-order valence-corrected chi connectivity index (χ1v) is 6.42. The third-order valence-corrected chi connectivity index (χ3v) is 3.14. The van der Waals surface area contributed by atoms with Crippen molar-refractivity contribution in [2.24, 2.45) is 4.99 Å². The molecular formula is C10H4Cl2F4N2O2S. The number of amides is 1. The van der Waals surface area contributed by atoms with Gasteiger partial charge in [-0.25, -0.2) is 9.10 Å². The predicted molar refractivity (Wildman–Crippen MR) is 70.6 cm³/mol. The molecule has 4 nitrogen and oxygen atoms in total.